The number of hydrogen-bond donors (Lipinski definition) is 16. The first kappa shape index (κ1) is 113. The van der Waals surface area contributed by atoms with Crippen molar-refractivity contribution in [2.45, 2.75) is 171 Å². The van der Waals surface area contributed by atoms with Crippen LogP contribution in [0.25, 0.3) is 11.2 Å². The number of aryl methyl sites for hydroxylation is 1. The van der Waals surface area contributed by atoms with Gasteiger partial charge in [-0.2, -0.15) is 4.98 Å². The van der Waals surface area contributed by atoms with Crippen molar-refractivity contribution < 1.29 is 140 Å². The Bertz CT molecular complexity index is 5470. The van der Waals surface area contributed by atoms with E-state index in [1.165, 1.54) is 61.7 Å². The topological polar surface area (TPSA) is 703 Å². The summed E-state index contributed by atoms with van der Waals surface area (Å²) in [4.78, 5) is 237. The highest BCUT2D eigenvalue weighted by Gasteiger charge is 2.39. The molecule has 0 spiro atoms. The standard InChI is InChI=1S/C92H120N18O30S2/c1-51-32-60-45-98-67-40-75(74(132-5)39-64(67)87(126)109(60)47-51)139-24-9-7-8-23-138-73-41-68(63(34-53(73)3)86(125)110-48-52(2)33-61(110)46-100-133-6)106-92(131)140-49-54(4)142-141-50-70(89(129)130)102-76(114)20-25-135-27-29-137-31-30-136-28-26-134-22-11-13-71(112)69(42-79(119)120)105-84(123)57(38-78(117)118)36-72(113)65(12-10-21-96-90(93)94)103-83(122)56(37-77(115)116)35-62(111)18-19-66(88(127)128)104-82(121)55-14-16-58(17-15-55)97-43-59-44-99-81-80(101-59)85(124)108-91(95)107-81/h14-17,34,39-41,44-46,54,56-57,60-61,65-66,69-70,97H,1-2,7-13,18-33,35-38,42-43,47-50H2,3-6H3,(H,102,114)(H,103,122)(H,104,121)(H,105,123)(H,106,131)(H,115,116)(H,117,118)(H,119,120)(H,127,128)(H,129,130)(H4,93,94,96)(H3,95,99,107,108,124)/b100-46+/t54?,56-,57-,60-,61-,65-,66-,69-,70-/m0/s1. The number of ether oxygens (including phenoxy) is 8. The van der Waals surface area contributed by atoms with Gasteiger partial charge in [0.15, 0.2) is 40.2 Å². The summed E-state index contributed by atoms with van der Waals surface area (Å²) in [6, 6.07) is 5.33. The molecule has 142 heavy (non-hydrogen) atoms. The number of hydrogen-bond acceptors (Lipinski definition) is 35. The summed E-state index contributed by atoms with van der Waals surface area (Å²) < 4.78 is 45.6. The SMILES string of the molecule is C=C1C[C@H]2C=Nc3cc(OCCCCCOc4cc(NC(=O)OCC(C)SSC[C@H](NC(=O)CCOCCOCCOCCOCCCC(=O)[C@H](CC(=O)O)NC(=O)[C@H](CC(=O)O)CC(=O)[C@H](CCCNC(=N)N)NC(=O)[C@H](CC(=O)O)CC(=O)CC[C@H](NC(=O)c5ccc(NCc6cnc7nc(N)[nH]c(=O)c7n6)cc5)C(=O)O)C(=O)O)c(C(=O)N5CC(=C)C[C@H]5/C=N/OC)cc4C)c(OC)cc3C(=O)N2C1. The number of aromatic nitrogens is 4. The average Bonchev–Trinajstić information content (AvgIpc) is 1.31. The first-order valence-corrected chi connectivity index (χ1v) is 47.8. The van der Waals surface area contributed by atoms with Crippen LogP contribution < -0.4 is 68.5 Å². The van der Waals surface area contributed by atoms with Gasteiger partial charge in [-0.05, 0) is 114 Å². The Labute approximate surface area is 822 Å². The molecule has 2 fully saturated rings. The van der Waals surface area contributed by atoms with Crippen LogP contribution in [0.1, 0.15) is 158 Å². The van der Waals surface area contributed by atoms with Crippen LogP contribution in [-0.4, -0.2) is 316 Å². The summed E-state index contributed by atoms with van der Waals surface area (Å²) >= 11 is 0. The van der Waals surface area contributed by atoms with E-state index >= 15 is 0 Å². The van der Waals surface area contributed by atoms with Crippen molar-refractivity contribution in [2.75, 3.05) is 129 Å². The number of rotatable bonds is 66. The molecular weight excluding hydrogens is 1900 g/mol. The number of carboxylic acid groups (broad SMARTS) is 5. The highest BCUT2D eigenvalue weighted by Crippen LogP contribution is 2.40. The highest BCUT2D eigenvalue weighted by atomic mass is 33.1. The third kappa shape index (κ3) is 37.7. The number of H-pyrrole nitrogens is 1. The Morgan fingerprint density at radius 2 is 1.31 bits per heavy atom. The van der Waals surface area contributed by atoms with Crippen LogP contribution in [-0.2, 0) is 87.8 Å². The molecule has 2 saturated heterocycles. The number of fused-ring (bicyclic) bond motifs is 3. The van der Waals surface area contributed by atoms with E-state index in [9.17, 15) is 102 Å². The van der Waals surface area contributed by atoms with Gasteiger partial charge in [-0.25, -0.2) is 24.4 Å². The number of nitrogen functional groups attached to an aromatic ring is 1. The molecule has 0 aliphatic carbocycles. The van der Waals surface area contributed by atoms with E-state index in [0.29, 0.717) is 90.7 Å². The van der Waals surface area contributed by atoms with Gasteiger partial charge in [-0.3, -0.25) is 83.0 Å². The Morgan fingerprint density at radius 1 is 0.669 bits per heavy atom. The Hall–Kier alpha value is -14.2. The van der Waals surface area contributed by atoms with Crippen molar-refractivity contribution in [1.82, 2.24) is 56.3 Å². The molecule has 50 heteroatoms. The van der Waals surface area contributed by atoms with Crippen molar-refractivity contribution in [3.63, 3.8) is 0 Å². The largest absolute Gasteiger partial charge is 0.493 e. The van der Waals surface area contributed by atoms with Crippen LogP contribution in [0.2, 0.25) is 0 Å². The Morgan fingerprint density at radius 3 is 1.96 bits per heavy atom. The number of carbonyl (C=O) groups is 15. The molecule has 0 bridgehead atoms. The number of nitrogens with one attached hydrogen (secondary N) is 9. The first-order chi connectivity index (χ1) is 67.9. The van der Waals surface area contributed by atoms with Crippen molar-refractivity contribution in [2.24, 2.45) is 27.7 Å². The number of aliphatic carboxylic acids is 5. The van der Waals surface area contributed by atoms with Crippen molar-refractivity contribution in [3.05, 3.63) is 117 Å². The van der Waals surface area contributed by atoms with E-state index in [1.807, 2.05) is 0 Å². The minimum Gasteiger partial charge on any atom is -0.493 e. The van der Waals surface area contributed by atoms with Crippen LogP contribution in [0, 0.1) is 24.2 Å². The molecule has 1 unspecified atom stereocenters. The first-order valence-electron chi connectivity index (χ1n) is 45.4. The molecule has 3 aliphatic rings. The van der Waals surface area contributed by atoms with Gasteiger partial charge in [0, 0.05) is 98.9 Å². The number of unbranched alkanes of at least 4 members (excludes halogenated alkanes) is 2. The second-order valence-corrected chi connectivity index (χ2v) is 36.1. The summed E-state index contributed by atoms with van der Waals surface area (Å²) in [5, 5.41) is 78.1. The lowest BCUT2D eigenvalue weighted by molar-refractivity contribution is -0.144. The number of carboxylic acids is 5. The number of likely N-dealkylation sites (tertiary alicyclic amines) is 1. The summed E-state index contributed by atoms with van der Waals surface area (Å²) in [5.74, 6) is -17.5. The number of amides is 7. The maximum absolute atomic E-state index is 14.4. The minimum absolute atomic E-state index is 0.00858. The van der Waals surface area contributed by atoms with Gasteiger partial charge in [0.05, 0.1) is 169 Å². The third-order valence-electron chi connectivity index (χ3n) is 22.0. The molecule has 5 heterocycles. The van der Waals surface area contributed by atoms with Crippen LogP contribution in [0.15, 0.2) is 94.0 Å². The lowest BCUT2D eigenvalue weighted by Crippen LogP contribution is -2.48. The summed E-state index contributed by atoms with van der Waals surface area (Å²) in [5.41, 5.74) is 14.7. The summed E-state index contributed by atoms with van der Waals surface area (Å²) in [6.45, 7) is 13.3. The van der Waals surface area contributed by atoms with Crippen LogP contribution in [0.4, 0.5) is 27.8 Å². The van der Waals surface area contributed by atoms with E-state index in [-0.39, 0.29) is 175 Å². The fraction of sp³-hybridized carbons (Fsp3) is 0.500. The number of oxime groups is 1. The molecule has 3 aliphatic heterocycles. The maximum Gasteiger partial charge on any atom is 0.411 e. The van der Waals surface area contributed by atoms with Crippen molar-refractivity contribution >= 4 is 163 Å². The zero-order valence-electron chi connectivity index (χ0n) is 78.8. The number of carbonyl (C=O) groups excluding carboxylic acids is 10. The van der Waals surface area contributed by atoms with Gasteiger partial charge in [0.1, 0.15) is 37.3 Å². The molecule has 3 aromatic carbocycles. The third-order valence-corrected chi connectivity index (χ3v) is 24.9. The van der Waals surface area contributed by atoms with E-state index in [0.717, 1.165) is 21.9 Å². The van der Waals surface area contributed by atoms with Gasteiger partial charge >= 0.3 is 35.9 Å². The van der Waals surface area contributed by atoms with E-state index in [1.54, 1.807) is 54.1 Å². The van der Waals surface area contributed by atoms with Crippen LogP contribution in [0.5, 0.6) is 17.2 Å². The number of nitrogens with two attached hydrogens (primary N) is 2. The van der Waals surface area contributed by atoms with Gasteiger partial charge in [-0.1, -0.05) is 51.0 Å². The summed E-state index contributed by atoms with van der Waals surface area (Å²) in [7, 11) is 5.24. The predicted molar refractivity (Wildman–Crippen MR) is 516 cm³/mol. The maximum atomic E-state index is 14.4. The number of Topliss-reactive ketones (excluding diaryl/α,β-unsaturated/α-hetero) is 3. The number of aromatic amines is 1. The number of methoxy groups -OCH3 is 1. The number of ketones is 3. The highest BCUT2D eigenvalue weighted by molar-refractivity contribution is 8.77. The van der Waals surface area contributed by atoms with Gasteiger partial charge in [0.2, 0.25) is 23.7 Å². The van der Waals surface area contributed by atoms with Gasteiger partial charge in [0.25, 0.3) is 23.3 Å². The monoisotopic (exact) mass is 2020 g/mol. The normalized spacial score (nSPS) is 15.2. The smallest absolute Gasteiger partial charge is 0.411 e. The van der Waals surface area contributed by atoms with E-state index in [2.05, 4.69) is 80.5 Å². The second kappa shape index (κ2) is 58.1. The quantitative estimate of drug-likeness (QED) is 0.00614. The number of anilines is 3. The molecule has 0 radical (unpaired) electrons. The number of benzene rings is 3. The number of aliphatic imine (C=N–C) groups is 1. The molecule has 2 aromatic heterocycles. The molecular formula is C92H120N18O30S2. The lowest BCUT2D eigenvalue weighted by Gasteiger charge is -2.24. The number of guanidine groups is 1. The molecule has 770 valence electrons. The fourth-order valence-corrected chi connectivity index (χ4v) is 17.1. The number of nitrogens with zero attached hydrogens (tertiary/aromatic N) is 7. The molecule has 0 saturated carbocycles. The molecule has 18 N–H and O–H groups in total. The molecule has 7 amide bonds. The van der Waals surface area contributed by atoms with Gasteiger partial charge < -0.3 is 121 Å². The molecule has 9 atom stereocenters. The van der Waals surface area contributed by atoms with Gasteiger partial charge in [-0.15, -0.1) is 0 Å². The van der Waals surface area contributed by atoms with E-state index < -0.39 is 181 Å². The predicted octanol–water partition coefficient (Wildman–Crippen LogP) is 4.91. The Balaban J connectivity index is 0.690. The van der Waals surface area contributed by atoms with Crippen LogP contribution >= 0.6 is 21.6 Å². The average molecular weight is 2020 g/mol. The molecule has 48 nitrogen and oxygen atoms in total. The lowest BCUT2D eigenvalue weighted by atomic mass is 9.91. The summed E-state index contributed by atoms with van der Waals surface area (Å²) in [6.07, 6.45) is 0.0983. The van der Waals surface area contributed by atoms with E-state index in [4.69, 9.17) is 59.6 Å². The minimum atomic E-state index is -1.79. The molecule has 8 rings (SSSR count). The second-order valence-electron chi connectivity index (χ2n) is 33.2. The van der Waals surface area contributed by atoms with Crippen molar-refractivity contribution in [3.8, 4) is 17.2 Å². The van der Waals surface area contributed by atoms with Crippen LogP contribution in [0.3, 0.4) is 0 Å². The molecule has 5 aromatic rings. The zero-order chi connectivity index (χ0) is 103. The zero-order valence-corrected chi connectivity index (χ0v) is 80.5. The Kier molecular flexibility index (Phi) is 46.3. The fourth-order valence-electron chi connectivity index (χ4n) is 14.8. The van der Waals surface area contributed by atoms with Crippen molar-refractivity contribution in [1.29, 1.82) is 5.41 Å².